The molecule has 8 heteroatoms. The summed E-state index contributed by atoms with van der Waals surface area (Å²) in [6.45, 7) is 0.586. The zero-order chi connectivity index (χ0) is 15.4. The van der Waals surface area contributed by atoms with Gasteiger partial charge in [0.1, 0.15) is 0 Å². The van der Waals surface area contributed by atoms with Crippen molar-refractivity contribution in [3.63, 3.8) is 0 Å². The monoisotopic (exact) mass is 302 g/mol. The molecule has 1 amide bonds. The van der Waals surface area contributed by atoms with Gasteiger partial charge in [0.2, 0.25) is 15.9 Å². The van der Waals surface area contributed by atoms with Crippen LogP contribution in [0.1, 0.15) is 23.7 Å². The minimum atomic E-state index is -3.92. The molecule has 0 aliphatic heterocycles. The van der Waals surface area contributed by atoms with Gasteiger partial charge in [-0.15, -0.1) is 0 Å². The van der Waals surface area contributed by atoms with Crippen LogP contribution in [-0.2, 0) is 10.0 Å². The fourth-order valence-corrected chi connectivity index (χ4v) is 3.01. The van der Waals surface area contributed by atoms with Crippen molar-refractivity contribution >= 4 is 15.9 Å². The number of hydrogen-bond acceptors (Lipinski definition) is 5. The largest absolute Gasteiger partial charge is 0.394 e. The van der Waals surface area contributed by atoms with E-state index in [1.807, 2.05) is 0 Å². The van der Waals surface area contributed by atoms with Crippen LogP contribution in [0.2, 0.25) is 0 Å². The number of carbonyl (C=O) groups excluding carboxylic acids is 1. The van der Waals surface area contributed by atoms with Gasteiger partial charge in [0.15, 0.2) is 0 Å². The standard InChI is InChI=1S/C12H18N2O5S/c1-2-12(7-15,8-16)14-20(18,19)10-5-3-9(4-6-10)11(13)17/h3-6,14-16H,2,7-8H2,1H3,(H2,13,17). The molecule has 0 fully saturated rings. The highest BCUT2D eigenvalue weighted by Gasteiger charge is 2.32. The average molecular weight is 302 g/mol. The highest BCUT2D eigenvalue weighted by molar-refractivity contribution is 7.89. The number of aliphatic hydroxyl groups is 2. The Morgan fingerprint density at radius 1 is 1.25 bits per heavy atom. The van der Waals surface area contributed by atoms with E-state index in [0.717, 1.165) is 0 Å². The molecule has 0 spiro atoms. The lowest BCUT2D eigenvalue weighted by atomic mass is 10.0. The van der Waals surface area contributed by atoms with Crippen LogP contribution in [0, 0.1) is 0 Å². The Bertz CT molecular complexity index is 556. The van der Waals surface area contributed by atoms with Crippen LogP contribution in [-0.4, -0.2) is 43.3 Å². The number of nitrogens with two attached hydrogens (primary N) is 1. The second kappa shape index (κ2) is 6.31. The molecule has 5 N–H and O–H groups in total. The van der Waals surface area contributed by atoms with Gasteiger partial charge in [0, 0.05) is 5.56 Å². The second-order valence-electron chi connectivity index (χ2n) is 4.44. The van der Waals surface area contributed by atoms with E-state index in [1.54, 1.807) is 6.92 Å². The van der Waals surface area contributed by atoms with Crippen molar-refractivity contribution in [2.24, 2.45) is 5.73 Å². The Balaban J connectivity index is 3.07. The molecule has 0 bridgehead atoms. The van der Waals surface area contributed by atoms with E-state index in [4.69, 9.17) is 5.73 Å². The maximum atomic E-state index is 12.2. The molecular weight excluding hydrogens is 284 g/mol. The summed E-state index contributed by atoms with van der Waals surface area (Å²) in [6.07, 6.45) is 0.221. The van der Waals surface area contributed by atoms with Crippen molar-refractivity contribution in [2.45, 2.75) is 23.8 Å². The molecule has 112 valence electrons. The summed E-state index contributed by atoms with van der Waals surface area (Å²) in [5.74, 6) is -0.657. The molecule has 0 radical (unpaired) electrons. The maximum Gasteiger partial charge on any atom is 0.248 e. The van der Waals surface area contributed by atoms with E-state index in [-0.39, 0.29) is 16.9 Å². The average Bonchev–Trinajstić information content (AvgIpc) is 2.45. The van der Waals surface area contributed by atoms with Gasteiger partial charge in [-0.25, -0.2) is 13.1 Å². The van der Waals surface area contributed by atoms with Gasteiger partial charge in [-0.05, 0) is 30.7 Å². The van der Waals surface area contributed by atoms with E-state index in [1.165, 1.54) is 24.3 Å². The molecule has 1 rings (SSSR count). The van der Waals surface area contributed by atoms with Gasteiger partial charge >= 0.3 is 0 Å². The highest BCUT2D eigenvalue weighted by Crippen LogP contribution is 2.16. The van der Waals surface area contributed by atoms with Gasteiger partial charge in [-0.1, -0.05) is 6.92 Å². The van der Waals surface area contributed by atoms with Gasteiger partial charge < -0.3 is 15.9 Å². The third-order valence-electron chi connectivity index (χ3n) is 3.08. The summed E-state index contributed by atoms with van der Waals surface area (Å²) in [4.78, 5) is 10.8. The molecule has 0 aromatic heterocycles. The lowest BCUT2D eigenvalue weighted by Crippen LogP contribution is -2.53. The van der Waals surface area contributed by atoms with Crippen LogP contribution in [0.4, 0.5) is 0 Å². The normalized spacial score (nSPS) is 12.3. The van der Waals surface area contributed by atoms with Crippen LogP contribution in [0.25, 0.3) is 0 Å². The van der Waals surface area contributed by atoms with Crippen LogP contribution in [0.5, 0.6) is 0 Å². The minimum Gasteiger partial charge on any atom is -0.394 e. The maximum absolute atomic E-state index is 12.2. The number of aliphatic hydroxyl groups excluding tert-OH is 2. The highest BCUT2D eigenvalue weighted by atomic mass is 32.2. The zero-order valence-electron chi connectivity index (χ0n) is 11.0. The lowest BCUT2D eigenvalue weighted by molar-refractivity contribution is 0.1000. The number of primary amides is 1. The zero-order valence-corrected chi connectivity index (χ0v) is 11.9. The summed E-state index contributed by atoms with van der Waals surface area (Å²) in [6, 6.07) is 5.06. The summed E-state index contributed by atoms with van der Waals surface area (Å²) in [5.41, 5.74) is 3.94. The fourth-order valence-electron chi connectivity index (χ4n) is 1.55. The molecule has 0 aliphatic carbocycles. The molecule has 0 unspecified atom stereocenters. The topological polar surface area (TPSA) is 130 Å². The first kappa shape index (κ1) is 16.6. The molecule has 20 heavy (non-hydrogen) atoms. The van der Waals surface area contributed by atoms with Crippen molar-refractivity contribution in [2.75, 3.05) is 13.2 Å². The molecular formula is C12H18N2O5S. The van der Waals surface area contributed by atoms with Gasteiger partial charge in [-0.2, -0.15) is 0 Å². The first-order valence-electron chi connectivity index (χ1n) is 5.96. The number of carbonyl (C=O) groups is 1. The predicted molar refractivity (Wildman–Crippen MR) is 72.5 cm³/mol. The van der Waals surface area contributed by atoms with Crippen molar-refractivity contribution in [1.82, 2.24) is 4.72 Å². The lowest BCUT2D eigenvalue weighted by Gasteiger charge is -2.29. The van der Waals surface area contributed by atoms with Crippen LogP contribution < -0.4 is 10.5 Å². The van der Waals surface area contributed by atoms with Crippen LogP contribution >= 0.6 is 0 Å². The van der Waals surface area contributed by atoms with Crippen LogP contribution in [0.3, 0.4) is 0 Å². The van der Waals surface area contributed by atoms with E-state index in [9.17, 15) is 23.4 Å². The Labute approximate surface area is 117 Å². The predicted octanol–water partition coefficient (Wildman–Crippen LogP) is -0.803. The molecule has 0 saturated heterocycles. The number of hydrogen-bond donors (Lipinski definition) is 4. The molecule has 0 atom stereocenters. The molecule has 7 nitrogen and oxygen atoms in total. The Kier molecular flexibility index (Phi) is 5.23. The van der Waals surface area contributed by atoms with Gasteiger partial charge in [-0.3, -0.25) is 4.79 Å². The number of sulfonamides is 1. The Morgan fingerprint density at radius 2 is 1.75 bits per heavy atom. The number of nitrogens with one attached hydrogen (secondary N) is 1. The molecule has 0 aliphatic rings. The number of rotatable bonds is 7. The SMILES string of the molecule is CCC(CO)(CO)NS(=O)(=O)c1ccc(C(N)=O)cc1. The molecule has 1 aromatic rings. The van der Waals surface area contributed by atoms with E-state index >= 15 is 0 Å². The third-order valence-corrected chi connectivity index (χ3v) is 4.68. The summed E-state index contributed by atoms with van der Waals surface area (Å²) >= 11 is 0. The van der Waals surface area contributed by atoms with E-state index in [2.05, 4.69) is 4.72 Å². The van der Waals surface area contributed by atoms with Crippen LogP contribution in [0.15, 0.2) is 29.2 Å². The summed E-state index contributed by atoms with van der Waals surface area (Å²) < 4.78 is 26.6. The van der Waals surface area contributed by atoms with Crippen molar-refractivity contribution in [1.29, 1.82) is 0 Å². The molecule has 1 aromatic carbocycles. The Morgan fingerprint density at radius 3 is 2.10 bits per heavy atom. The number of benzene rings is 1. The summed E-state index contributed by atoms with van der Waals surface area (Å²) in [5, 5.41) is 18.5. The first-order valence-corrected chi connectivity index (χ1v) is 7.44. The summed E-state index contributed by atoms with van der Waals surface area (Å²) in [7, 11) is -3.92. The van der Waals surface area contributed by atoms with E-state index in [0.29, 0.717) is 0 Å². The van der Waals surface area contributed by atoms with Gasteiger partial charge in [0.25, 0.3) is 0 Å². The fraction of sp³-hybridized carbons (Fsp3) is 0.417. The third kappa shape index (κ3) is 3.54. The molecule has 0 heterocycles. The second-order valence-corrected chi connectivity index (χ2v) is 6.13. The number of amides is 1. The minimum absolute atomic E-state index is 0.0813. The van der Waals surface area contributed by atoms with Crippen molar-refractivity contribution in [3.05, 3.63) is 29.8 Å². The van der Waals surface area contributed by atoms with E-state index < -0.39 is 34.7 Å². The van der Waals surface area contributed by atoms with Crippen molar-refractivity contribution in [3.8, 4) is 0 Å². The van der Waals surface area contributed by atoms with Gasteiger partial charge in [0.05, 0.1) is 23.6 Å². The van der Waals surface area contributed by atoms with Crippen molar-refractivity contribution < 1.29 is 23.4 Å². The Hall–Kier alpha value is -1.48. The molecule has 0 saturated carbocycles. The first-order chi connectivity index (χ1) is 9.30. The quantitative estimate of drug-likeness (QED) is 0.524. The smallest absolute Gasteiger partial charge is 0.248 e.